The summed E-state index contributed by atoms with van der Waals surface area (Å²) in [5.41, 5.74) is 1.92. The number of aryl methyl sites for hydroxylation is 1. The molecule has 19 heavy (non-hydrogen) atoms. The molecule has 4 heteroatoms. The van der Waals surface area contributed by atoms with Crippen LogP contribution in [0.15, 0.2) is 35.1 Å². The van der Waals surface area contributed by atoms with Crippen LogP contribution in [-0.2, 0) is 6.42 Å². The quantitative estimate of drug-likeness (QED) is 0.890. The highest BCUT2D eigenvalue weighted by Gasteiger charge is 2.17. The third-order valence-electron chi connectivity index (χ3n) is 3.12. The lowest BCUT2D eigenvalue weighted by Crippen LogP contribution is -2.24. The molecule has 0 aliphatic rings. The molecule has 1 aromatic carbocycles. The topological polar surface area (TPSA) is 25.2 Å². The minimum atomic E-state index is -0.516. The van der Waals surface area contributed by atoms with E-state index in [4.69, 9.17) is 4.42 Å². The van der Waals surface area contributed by atoms with Gasteiger partial charge in [-0.15, -0.1) is 0 Å². The van der Waals surface area contributed by atoms with Crippen molar-refractivity contribution in [2.24, 2.45) is 0 Å². The number of furan rings is 1. The third kappa shape index (κ3) is 3.20. The lowest BCUT2D eigenvalue weighted by atomic mass is 9.98. The van der Waals surface area contributed by atoms with Crippen molar-refractivity contribution >= 4 is 0 Å². The summed E-state index contributed by atoms with van der Waals surface area (Å²) in [6.07, 6.45) is 3.83. The molecule has 0 radical (unpaired) electrons. The zero-order chi connectivity index (χ0) is 13.8. The second kappa shape index (κ2) is 5.97. The van der Waals surface area contributed by atoms with Crippen LogP contribution in [0.5, 0.6) is 0 Å². The average molecular weight is 265 g/mol. The van der Waals surface area contributed by atoms with Crippen LogP contribution in [0.3, 0.4) is 0 Å². The summed E-state index contributed by atoms with van der Waals surface area (Å²) in [5, 5.41) is 3.22. The van der Waals surface area contributed by atoms with Gasteiger partial charge < -0.3 is 9.73 Å². The van der Waals surface area contributed by atoms with Gasteiger partial charge in [-0.05, 0) is 43.1 Å². The predicted octanol–water partition coefficient (Wildman–Crippen LogP) is 3.76. The molecule has 1 heterocycles. The third-order valence-corrected chi connectivity index (χ3v) is 3.12. The summed E-state index contributed by atoms with van der Waals surface area (Å²) in [4.78, 5) is 0. The fourth-order valence-corrected chi connectivity index (χ4v) is 2.13. The van der Waals surface area contributed by atoms with Crippen molar-refractivity contribution in [3.63, 3.8) is 0 Å². The second-order valence-electron chi connectivity index (χ2n) is 4.57. The normalized spacial score (nSPS) is 12.6. The fraction of sp³-hybridized carbons (Fsp3) is 0.333. The minimum Gasteiger partial charge on any atom is -0.472 e. The SMILES string of the molecule is CCNC(Cc1ccoc1)c1cc(C)c(F)cc1F. The van der Waals surface area contributed by atoms with Gasteiger partial charge in [0.1, 0.15) is 11.6 Å². The summed E-state index contributed by atoms with van der Waals surface area (Å²) in [6, 6.07) is 4.17. The zero-order valence-corrected chi connectivity index (χ0v) is 11.0. The van der Waals surface area contributed by atoms with Crippen molar-refractivity contribution in [2.75, 3.05) is 6.54 Å². The van der Waals surface area contributed by atoms with Crippen LogP contribution < -0.4 is 5.32 Å². The van der Waals surface area contributed by atoms with Gasteiger partial charge in [0, 0.05) is 17.7 Å². The average Bonchev–Trinajstić information content (AvgIpc) is 2.86. The van der Waals surface area contributed by atoms with E-state index in [0.717, 1.165) is 11.6 Å². The van der Waals surface area contributed by atoms with Crippen LogP contribution >= 0.6 is 0 Å². The molecule has 102 valence electrons. The van der Waals surface area contributed by atoms with Crippen LogP contribution in [0.25, 0.3) is 0 Å². The number of hydrogen-bond acceptors (Lipinski definition) is 2. The molecule has 0 spiro atoms. The Kier molecular flexibility index (Phi) is 4.32. The van der Waals surface area contributed by atoms with E-state index in [1.165, 1.54) is 0 Å². The molecule has 2 aromatic rings. The molecule has 2 rings (SSSR count). The van der Waals surface area contributed by atoms with Crippen molar-refractivity contribution in [3.05, 3.63) is 59.1 Å². The standard InChI is InChI=1S/C15H17F2NO/c1-3-18-15(7-11-4-5-19-9-11)12-6-10(2)13(16)8-14(12)17/h4-6,8-9,15,18H,3,7H2,1-2H3. The van der Waals surface area contributed by atoms with Crippen molar-refractivity contribution < 1.29 is 13.2 Å². The van der Waals surface area contributed by atoms with Gasteiger partial charge >= 0.3 is 0 Å². The van der Waals surface area contributed by atoms with Crippen LogP contribution in [0.4, 0.5) is 8.78 Å². The Labute approximate surface area is 111 Å². The van der Waals surface area contributed by atoms with Crippen molar-refractivity contribution in [1.82, 2.24) is 5.32 Å². The first-order chi connectivity index (χ1) is 9.11. The molecular formula is C15H17F2NO. The van der Waals surface area contributed by atoms with E-state index in [2.05, 4.69) is 5.32 Å². The van der Waals surface area contributed by atoms with Gasteiger partial charge in [0.2, 0.25) is 0 Å². The molecular weight excluding hydrogens is 248 g/mol. The van der Waals surface area contributed by atoms with Gasteiger partial charge in [-0.2, -0.15) is 0 Å². The predicted molar refractivity (Wildman–Crippen MR) is 69.9 cm³/mol. The van der Waals surface area contributed by atoms with Gasteiger partial charge in [0.15, 0.2) is 0 Å². The van der Waals surface area contributed by atoms with E-state index < -0.39 is 11.6 Å². The maximum absolute atomic E-state index is 13.9. The van der Waals surface area contributed by atoms with Gasteiger partial charge in [-0.25, -0.2) is 8.78 Å². The van der Waals surface area contributed by atoms with Crippen LogP contribution in [0.2, 0.25) is 0 Å². The number of likely N-dealkylation sites (N-methyl/N-ethyl adjacent to an activating group) is 1. The van der Waals surface area contributed by atoms with E-state index in [1.807, 2.05) is 13.0 Å². The van der Waals surface area contributed by atoms with Crippen molar-refractivity contribution in [3.8, 4) is 0 Å². The number of benzene rings is 1. The Morgan fingerprint density at radius 2 is 2.05 bits per heavy atom. The first kappa shape index (κ1) is 13.7. The summed E-state index contributed by atoms with van der Waals surface area (Å²) >= 11 is 0. The summed E-state index contributed by atoms with van der Waals surface area (Å²) < 4.78 is 32.3. The van der Waals surface area contributed by atoms with Crippen LogP contribution in [0, 0.1) is 18.6 Å². The lowest BCUT2D eigenvalue weighted by Gasteiger charge is -2.19. The van der Waals surface area contributed by atoms with Gasteiger partial charge in [0.05, 0.1) is 12.5 Å². The molecule has 2 nitrogen and oxygen atoms in total. The summed E-state index contributed by atoms with van der Waals surface area (Å²) in [5.74, 6) is -1.03. The smallest absolute Gasteiger partial charge is 0.130 e. The highest BCUT2D eigenvalue weighted by atomic mass is 19.1. The van der Waals surface area contributed by atoms with Crippen LogP contribution in [0.1, 0.15) is 29.7 Å². The van der Waals surface area contributed by atoms with Crippen molar-refractivity contribution in [1.29, 1.82) is 0 Å². The van der Waals surface area contributed by atoms with E-state index in [9.17, 15) is 8.78 Å². The van der Waals surface area contributed by atoms with Crippen molar-refractivity contribution in [2.45, 2.75) is 26.3 Å². The molecule has 0 fully saturated rings. The van der Waals surface area contributed by atoms with Crippen LogP contribution in [-0.4, -0.2) is 6.54 Å². The molecule has 0 aliphatic heterocycles. The molecule has 0 amide bonds. The molecule has 1 unspecified atom stereocenters. The molecule has 1 aromatic heterocycles. The zero-order valence-electron chi connectivity index (χ0n) is 11.0. The van der Waals surface area contributed by atoms with E-state index in [0.29, 0.717) is 24.1 Å². The van der Waals surface area contributed by atoms with Gasteiger partial charge in [0.25, 0.3) is 0 Å². The van der Waals surface area contributed by atoms with E-state index >= 15 is 0 Å². The Hall–Kier alpha value is -1.68. The maximum atomic E-state index is 13.9. The Morgan fingerprint density at radius 3 is 2.68 bits per heavy atom. The Balaban J connectivity index is 2.30. The number of rotatable bonds is 5. The molecule has 0 aliphatic carbocycles. The Bertz CT molecular complexity index is 537. The number of hydrogen-bond donors (Lipinski definition) is 1. The lowest BCUT2D eigenvalue weighted by molar-refractivity contribution is 0.496. The first-order valence-corrected chi connectivity index (χ1v) is 6.31. The van der Waals surface area contributed by atoms with E-state index in [1.54, 1.807) is 25.5 Å². The number of nitrogens with one attached hydrogen (secondary N) is 1. The highest BCUT2D eigenvalue weighted by molar-refractivity contribution is 5.29. The first-order valence-electron chi connectivity index (χ1n) is 6.31. The molecule has 1 N–H and O–H groups in total. The monoisotopic (exact) mass is 265 g/mol. The summed E-state index contributed by atoms with van der Waals surface area (Å²) in [6.45, 7) is 4.30. The second-order valence-corrected chi connectivity index (χ2v) is 4.57. The molecule has 0 bridgehead atoms. The number of halogens is 2. The molecule has 0 saturated carbocycles. The van der Waals surface area contributed by atoms with Gasteiger partial charge in [-0.1, -0.05) is 6.92 Å². The highest BCUT2D eigenvalue weighted by Crippen LogP contribution is 2.24. The van der Waals surface area contributed by atoms with E-state index in [-0.39, 0.29) is 6.04 Å². The fourth-order valence-electron chi connectivity index (χ4n) is 2.13. The molecule has 0 saturated heterocycles. The van der Waals surface area contributed by atoms with Gasteiger partial charge in [-0.3, -0.25) is 0 Å². The largest absolute Gasteiger partial charge is 0.472 e. The Morgan fingerprint density at radius 1 is 1.26 bits per heavy atom. The molecule has 1 atom stereocenters. The maximum Gasteiger partial charge on any atom is 0.130 e. The summed E-state index contributed by atoms with van der Waals surface area (Å²) in [7, 11) is 0. The minimum absolute atomic E-state index is 0.193.